The number of carbonyl (C=O) groups is 2. The van der Waals surface area contributed by atoms with Crippen molar-refractivity contribution in [3.8, 4) is 5.75 Å². The summed E-state index contributed by atoms with van der Waals surface area (Å²) in [5.74, 6) is -0.730. The number of rotatable bonds is 5. The maximum Gasteiger partial charge on any atom is 0.262 e. The molecule has 0 saturated carbocycles. The molecule has 0 aliphatic heterocycles. The predicted octanol–water partition coefficient (Wildman–Crippen LogP) is 1.39. The van der Waals surface area contributed by atoms with Crippen molar-refractivity contribution in [2.75, 3.05) is 17.7 Å². The van der Waals surface area contributed by atoms with Crippen LogP contribution in [-0.2, 0) is 4.79 Å². The lowest BCUT2D eigenvalue weighted by Crippen LogP contribution is -2.22. The van der Waals surface area contributed by atoms with E-state index < -0.39 is 5.91 Å². The standard InChI is InChI=1S/C15H15N3O3/c16-11-6-2-3-7-12(11)18-14(19)9-21-13-8-4-1-5-10(13)15(17)20/h1-8H,9,16H2,(H2,17,20)(H,18,19). The first-order valence-corrected chi connectivity index (χ1v) is 6.24. The van der Waals surface area contributed by atoms with Crippen molar-refractivity contribution in [1.82, 2.24) is 0 Å². The van der Waals surface area contributed by atoms with Gasteiger partial charge in [-0.15, -0.1) is 0 Å². The van der Waals surface area contributed by atoms with Crippen molar-refractivity contribution in [3.05, 3.63) is 54.1 Å². The van der Waals surface area contributed by atoms with E-state index in [1.807, 2.05) is 0 Å². The summed E-state index contributed by atoms with van der Waals surface area (Å²) in [6.07, 6.45) is 0. The number of hydrogen-bond acceptors (Lipinski definition) is 4. The van der Waals surface area contributed by atoms with Gasteiger partial charge in [-0.1, -0.05) is 24.3 Å². The molecule has 0 atom stereocenters. The van der Waals surface area contributed by atoms with Crippen LogP contribution < -0.4 is 21.5 Å². The molecular formula is C15H15N3O3. The molecule has 21 heavy (non-hydrogen) atoms. The third-order valence-electron chi connectivity index (χ3n) is 2.75. The highest BCUT2D eigenvalue weighted by atomic mass is 16.5. The van der Waals surface area contributed by atoms with Gasteiger partial charge in [0.1, 0.15) is 5.75 Å². The van der Waals surface area contributed by atoms with Crippen LogP contribution in [0.1, 0.15) is 10.4 Å². The minimum absolute atomic E-state index is 0.226. The Morgan fingerprint density at radius 1 is 1.05 bits per heavy atom. The summed E-state index contributed by atoms with van der Waals surface area (Å²) in [5.41, 5.74) is 12.1. The SMILES string of the molecule is NC(=O)c1ccccc1OCC(=O)Nc1ccccc1N. The van der Waals surface area contributed by atoms with Gasteiger partial charge in [0.25, 0.3) is 11.8 Å². The Bertz CT molecular complexity index is 671. The van der Waals surface area contributed by atoms with Crippen LogP contribution in [0, 0.1) is 0 Å². The van der Waals surface area contributed by atoms with Crippen LogP contribution in [0.5, 0.6) is 5.75 Å². The Kier molecular flexibility index (Phi) is 4.40. The Morgan fingerprint density at radius 3 is 2.43 bits per heavy atom. The van der Waals surface area contributed by atoms with Gasteiger partial charge in [0, 0.05) is 0 Å². The van der Waals surface area contributed by atoms with Gasteiger partial charge >= 0.3 is 0 Å². The van der Waals surface area contributed by atoms with E-state index in [0.717, 1.165) is 0 Å². The summed E-state index contributed by atoms with van der Waals surface area (Å²) >= 11 is 0. The number of primary amides is 1. The number of benzene rings is 2. The van der Waals surface area contributed by atoms with Crippen molar-refractivity contribution in [2.24, 2.45) is 5.73 Å². The molecule has 5 N–H and O–H groups in total. The summed E-state index contributed by atoms with van der Waals surface area (Å²) in [4.78, 5) is 23.0. The fraction of sp³-hybridized carbons (Fsp3) is 0.0667. The van der Waals surface area contributed by atoms with Crippen LogP contribution in [0.3, 0.4) is 0 Å². The molecule has 2 aromatic rings. The van der Waals surface area contributed by atoms with Gasteiger partial charge in [-0.25, -0.2) is 0 Å². The molecule has 6 nitrogen and oxygen atoms in total. The summed E-state index contributed by atoms with van der Waals surface area (Å²) in [7, 11) is 0. The molecule has 0 spiro atoms. The van der Waals surface area contributed by atoms with Gasteiger partial charge in [-0.05, 0) is 24.3 Å². The molecule has 108 valence electrons. The molecule has 2 amide bonds. The smallest absolute Gasteiger partial charge is 0.262 e. The van der Waals surface area contributed by atoms with E-state index in [9.17, 15) is 9.59 Å². The molecule has 0 unspecified atom stereocenters. The first kappa shape index (κ1) is 14.4. The number of nitrogens with one attached hydrogen (secondary N) is 1. The van der Waals surface area contributed by atoms with Crippen molar-refractivity contribution in [3.63, 3.8) is 0 Å². The second kappa shape index (κ2) is 6.42. The number of ether oxygens (including phenoxy) is 1. The van der Waals surface area contributed by atoms with Crippen LogP contribution in [0.25, 0.3) is 0 Å². The second-order valence-corrected chi connectivity index (χ2v) is 4.28. The number of carbonyl (C=O) groups excluding carboxylic acids is 2. The molecule has 0 fully saturated rings. The molecule has 0 radical (unpaired) electrons. The third-order valence-corrected chi connectivity index (χ3v) is 2.75. The normalized spacial score (nSPS) is 9.90. The van der Waals surface area contributed by atoms with E-state index in [0.29, 0.717) is 11.4 Å². The van der Waals surface area contributed by atoms with Crippen molar-refractivity contribution in [1.29, 1.82) is 0 Å². The maximum atomic E-state index is 11.8. The number of nitrogens with two attached hydrogens (primary N) is 2. The molecule has 2 rings (SSSR count). The highest BCUT2D eigenvalue weighted by molar-refractivity contribution is 5.96. The fourth-order valence-electron chi connectivity index (χ4n) is 1.74. The number of amides is 2. The van der Waals surface area contributed by atoms with Crippen molar-refractivity contribution >= 4 is 23.2 Å². The van der Waals surface area contributed by atoms with Gasteiger partial charge in [-0.3, -0.25) is 9.59 Å². The van der Waals surface area contributed by atoms with E-state index >= 15 is 0 Å². The number of anilines is 2. The lowest BCUT2D eigenvalue weighted by molar-refractivity contribution is -0.118. The summed E-state index contributed by atoms with van der Waals surface area (Å²) in [5, 5.41) is 2.62. The van der Waals surface area contributed by atoms with E-state index in [1.165, 1.54) is 6.07 Å². The van der Waals surface area contributed by atoms with Crippen LogP contribution in [0.15, 0.2) is 48.5 Å². The van der Waals surface area contributed by atoms with E-state index in [2.05, 4.69) is 5.32 Å². The summed E-state index contributed by atoms with van der Waals surface area (Å²) < 4.78 is 5.32. The van der Waals surface area contributed by atoms with Gasteiger partial charge < -0.3 is 21.5 Å². The molecule has 0 heterocycles. The Balaban J connectivity index is 1.99. The van der Waals surface area contributed by atoms with Gasteiger partial charge in [0.15, 0.2) is 6.61 Å². The summed E-state index contributed by atoms with van der Waals surface area (Å²) in [6, 6.07) is 13.4. The fourth-order valence-corrected chi connectivity index (χ4v) is 1.74. The maximum absolute atomic E-state index is 11.8. The zero-order valence-electron chi connectivity index (χ0n) is 11.2. The number of nitrogen functional groups attached to an aromatic ring is 1. The predicted molar refractivity (Wildman–Crippen MR) is 79.9 cm³/mol. The topological polar surface area (TPSA) is 107 Å². The van der Waals surface area contributed by atoms with Crippen molar-refractivity contribution in [2.45, 2.75) is 0 Å². The lowest BCUT2D eigenvalue weighted by Gasteiger charge is -2.10. The van der Waals surface area contributed by atoms with Gasteiger partial charge in [0.2, 0.25) is 0 Å². The largest absolute Gasteiger partial charge is 0.483 e. The Hall–Kier alpha value is -3.02. The number of hydrogen-bond donors (Lipinski definition) is 3. The molecule has 0 saturated heterocycles. The van der Waals surface area contributed by atoms with Crippen LogP contribution in [0.4, 0.5) is 11.4 Å². The monoisotopic (exact) mass is 285 g/mol. The zero-order valence-corrected chi connectivity index (χ0v) is 11.2. The molecule has 0 bridgehead atoms. The molecular weight excluding hydrogens is 270 g/mol. The minimum Gasteiger partial charge on any atom is -0.483 e. The molecule has 0 aliphatic carbocycles. The van der Waals surface area contributed by atoms with E-state index in [4.69, 9.17) is 16.2 Å². The van der Waals surface area contributed by atoms with Crippen molar-refractivity contribution < 1.29 is 14.3 Å². The molecule has 6 heteroatoms. The average molecular weight is 285 g/mol. The average Bonchev–Trinajstić information content (AvgIpc) is 2.48. The molecule has 0 aliphatic rings. The van der Waals surface area contributed by atoms with Crippen LogP contribution >= 0.6 is 0 Å². The highest BCUT2D eigenvalue weighted by Gasteiger charge is 2.11. The van der Waals surface area contributed by atoms with Crippen LogP contribution in [0.2, 0.25) is 0 Å². The Labute approximate surface area is 121 Å². The second-order valence-electron chi connectivity index (χ2n) is 4.28. The first-order chi connectivity index (χ1) is 10.1. The van der Waals surface area contributed by atoms with E-state index in [1.54, 1.807) is 42.5 Å². The number of para-hydroxylation sites is 3. The minimum atomic E-state index is -0.613. The van der Waals surface area contributed by atoms with Crippen LogP contribution in [-0.4, -0.2) is 18.4 Å². The van der Waals surface area contributed by atoms with Gasteiger partial charge in [-0.2, -0.15) is 0 Å². The first-order valence-electron chi connectivity index (χ1n) is 6.24. The molecule has 0 aromatic heterocycles. The highest BCUT2D eigenvalue weighted by Crippen LogP contribution is 2.18. The third kappa shape index (κ3) is 3.73. The van der Waals surface area contributed by atoms with E-state index in [-0.39, 0.29) is 23.8 Å². The lowest BCUT2D eigenvalue weighted by atomic mass is 10.2. The molecule has 2 aromatic carbocycles. The van der Waals surface area contributed by atoms with Gasteiger partial charge in [0.05, 0.1) is 16.9 Å². The summed E-state index contributed by atoms with van der Waals surface area (Å²) in [6.45, 7) is -0.251. The zero-order chi connectivity index (χ0) is 15.2. The quantitative estimate of drug-likeness (QED) is 0.721. The Morgan fingerprint density at radius 2 is 1.71 bits per heavy atom.